The third-order valence-electron chi connectivity index (χ3n) is 4.29. The number of hydrogen-bond acceptors (Lipinski definition) is 5. The van der Waals surface area contributed by atoms with Gasteiger partial charge in [0.15, 0.2) is 0 Å². The fourth-order valence-electron chi connectivity index (χ4n) is 3.07. The summed E-state index contributed by atoms with van der Waals surface area (Å²) in [4.78, 5) is 11.2. The van der Waals surface area contributed by atoms with Crippen molar-refractivity contribution in [2.75, 3.05) is 13.1 Å². The van der Waals surface area contributed by atoms with Gasteiger partial charge in [-0.25, -0.2) is 9.89 Å². The van der Waals surface area contributed by atoms with E-state index in [2.05, 4.69) is 36.5 Å². The fraction of sp³-hybridized carbons (Fsp3) is 0.400. The molecule has 0 unspecified atom stereocenters. The van der Waals surface area contributed by atoms with Crippen LogP contribution < -0.4 is 11.1 Å². The lowest BCUT2D eigenvalue weighted by molar-refractivity contribution is 0.325. The van der Waals surface area contributed by atoms with Crippen molar-refractivity contribution >= 4 is 39.2 Å². The van der Waals surface area contributed by atoms with Gasteiger partial charge in [0.1, 0.15) is 0 Å². The molecule has 2 aromatic heterocycles. The molecule has 0 radical (unpaired) electrons. The molecule has 0 aliphatic carbocycles. The molecule has 1 saturated heterocycles. The molecule has 1 aliphatic heterocycles. The highest BCUT2D eigenvalue weighted by molar-refractivity contribution is 9.10. The maximum Gasteiger partial charge on any atom is 0.434 e. The lowest BCUT2D eigenvalue weighted by Crippen LogP contribution is -2.30. The molecule has 0 atom stereocenters. The van der Waals surface area contributed by atoms with Gasteiger partial charge < -0.3 is 9.73 Å². The lowest BCUT2D eigenvalue weighted by Gasteiger charge is -2.22. The highest BCUT2D eigenvalue weighted by Gasteiger charge is 2.17. The Hall–Kier alpha value is -1.64. The fourth-order valence-corrected chi connectivity index (χ4v) is 3.62. The molecule has 9 heteroatoms. The van der Waals surface area contributed by atoms with Gasteiger partial charge in [0.25, 0.3) is 0 Å². The van der Waals surface area contributed by atoms with Gasteiger partial charge in [-0.15, -0.1) is 17.5 Å². The predicted octanol–water partition coefficient (Wildman–Crippen LogP) is 2.56. The van der Waals surface area contributed by atoms with Crippen LogP contribution in [0.15, 0.2) is 32.0 Å². The second-order valence-corrected chi connectivity index (χ2v) is 6.68. The first-order valence-corrected chi connectivity index (χ1v) is 8.41. The zero-order valence-electron chi connectivity index (χ0n) is 12.8. The van der Waals surface area contributed by atoms with Crippen LogP contribution in [0.5, 0.6) is 0 Å². The minimum Gasteiger partial charge on any atom is -0.388 e. The summed E-state index contributed by atoms with van der Waals surface area (Å²) < 4.78 is 8.00. The van der Waals surface area contributed by atoms with Gasteiger partial charge in [-0.2, -0.15) is 5.10 Å². The van der Waals surface area contributed by atoms with Crippen molar-refractivity contribution in [3.05, 3.63) is 33.4 Å². The monoisotopic (exact) mass is 413 g/mol. The van der Waals surface area contributed by atoms with Crippen molar-refractivity contribution in [1.82, 2.24) is 25.3 Å². The van der Waals surface area contributed by atoms with Crippen LogP contribution in [0.4, 0.5) is 0 Å². The van der Waals surface area contributed by atoms with Crippen LogP contribution in [0.2, 0.25) is 0 Å². The van der Waals surface area contributed by atoms with Crippen LogP contribution in [0.1, 0.15) is 12.8 Å². The molecule has 0 amide bonds. The highest BCUT2D eigenvalue weighted by atomic mass is 79.9. The summed E-state index contributed by atoms with van der Waals surface area (Å²) >= 11 is 3.57. The molecular formula is C15H17BrClN5O2. The summed E-state index contributed by atoms with van der Waals surface area (Å²) in [7, 11) is 0. The normalized spacial score (nSPS) is 15.5. The van der Waals surface area contributed by atoms with Crippen molar-refractivity contribution < 1.29 is 4.42 Å². The van der Waals surface area contributed by atoms with Gasteiger partial charge in [0.2, 0.25) is 5.89 Å². The van der Waals surface area contributed by atoms with Crippen molar-refractivity contribution in [2.24, 2.45) is 5.92 Å². The molecule has 1 aromatic carbocycles. The van der Waals surface area contributed by atoms with E-state index in [0.717, 1.165) is 53.4 Å². The van der Waals surface area contributed by atoms with E-state index < -0.39 is 5.76 Å². The van der Waals surface area contributed by atoms with E-state index in [1.54, 1.807) is 0 Å². The average molecular weight is 415 g/mol. The smallest absolute Gasteiger partial charge is 0.388 e. The van der Waals surface area contributed by atoms with Crippen LogP contribution in [-0.4, -0.2) is 33.1 Å². The molecule has 1 aliphatic rings. The van der Waals surface area contributed by atoms with E-state index in [1.807, 2.05) is 23.0 Å². The third kappa shape index (κ3) is 3.26. The van der Waals surface area contributed by atoms with E-state index in [9.17, 15) is 4.79 Å². The van der Waals surface area contributed by atoms with Crippen LogP contribution in [0.3, 0.4) is 0 Å². The van der Waals surface area contributed by atoms with Crippen molar-refractivity contribution in [2.45, 2.75) is 19.4 Å². The molecule has 3 aromatic rings. The molecule has 128 valence electrons. The molecule has 2 N–H and O–H groups in total. The number of fused-ring (bicyclic) bond motifs is 1. The maximum atomic E-state index is 11.2. The number of nitrogens with one attached hydrogen (secondary N) is 2. The first kappa shape index (κ1) is 17.2. The zero-order valence-corrected chi connectivity index (χ0v) is 15.2. The molecular weight excluding hydrogens is 398 g/mol. The van der Waals surface area contributed by atoms with Crippen molar-refractivity contribution in [3.8, 4) is 11.5 Å². The van der Waals surface area contributed by atoms with Gasteiger partial charge in [-0.3, -0.25) is 4.68 Å². The molecule has 7 nitrogen and oxygen atoms in total. The van der Waals surface area contributed by atoms with Crippen LogP contribution >= 0.6 is 28.3 Å². The number of H-pyrrole nitrogens is 1. The molecule has 1 fully saturated rings. The summed E-state index contributed by atoms with van der Waals surface area (Å²) in [5.41, 5.74) is 1.76. The van der Waals surface area contributed by atoms with Gasteiger partial charge in [-0.1, -0.05) is 15.9 Å². The predicted molar refractivity (Wildman–Crippen MR) is 96.4 cm³/mol. The number of benzene rings is 1. The quantitative estimate of drug-likeness (QED) is 0.687. The molecule has 0 spiro atoms. The Bertz CT molecular complexity index is 897. The second-order valence-electron chi connectivity index (χ2n) is 5.83. The van der Waals surface area contributed by atoms with E-state index in [1.165, 1.54) is 0 Å². The largest absolute Gasteiger partial charge is 0.434 e. The van der Waals surface area contributed by atoms with E-state index in [-0.39, 0.29) is 18.3 Å². The molecule has 4 rings (SSSR count). The number of hydrogen-bond donors (Lipinski definition) is 2. The van der Waals surface area contributed by atoms with Gasteiger partial charge in [0, 0.05) is 22.0 Å². The Morgan fingerprint density at radius 1 is 1.33 bits per heavy atom. The van der Waals surface area contributed by atoms with Gasteiger partial charge in [-0.05, 0) is 44.0 Å². The van der Waals surface area contributed by atoms with Gasteiger partial charge in [0.05, 0.1) is 11.7 Å². The molecule has 24 heavy (non-hydrogen) atoms. The number of halogens is 2. The summed E-state index contributed by atoms with van der Waals surface area (Å²) in [5, 5.41) is 15.2. The van der Waals surface area contributed by atoms with Crippen LogP contribution in [-0.2, 0) is 6.54 Å². The standard InChI is InChI=1S/C15H16BrN5O2.ClH/c16-12-5-10(14-19-20-15(22)23-14)6-13-11(12)7-18-21(13)8-9-1-3-17-4-2-9;/h5-7,9,17H,1-4,8H2,(H,20,22);1H. The third-order valence-corrected chi connectivity index (χ3v) is 4.94. The van der Waals surface area contributed by atoms with E-state index >= 15 is 0 Å². The average Bonchev–Trinajstić information content (AvgIpc) is 3.16. The minimum atomic E-state index is -0.556. The maximum absolute atomic E-state index is 11.2. The number of nitrogens with zero attached hydrogens (tertiary/aromatic N) is 3. The van der Waals surface area contributed by atoms with Crippen molar-refractivity contribution in [1.29, 1.82) is 0 Å². The Kier molecular flexibility index (Phi) is 5.07. The summed E-state index contributed by atoms with van der Waals surface area (Å²) in [6.07, 6.45) is 4.19. The number of aromatic nitrogens is 4. The van der Waals surface area contributed by atoms with Crippen molar-refractivity contribution in [3.63, 3.8) is 0 Å². The first-order valence-electron chi connectivity index (χ1n) is 7.62. The zero-order chi connectivity index (χ0) is 15.8. The Balaban J connectivity index is 0.00000169. The number of rotatable bonds is 3. The van der Waals surface area contributed by atoms with Crippen LogP contribution in [0, 0.1) is 5.92 Å². The SMILES string of the molecule is Cl.O=c1[nH]nc(-c2cc(Br)c3cnn(CC4CCNCC4)c3c2)o1. The Morgan fingerprint density at radius 3 is 2.83 bits per heavy atom. The van der Waals surface area contributed by atoms with E-state index in [0.29, 0.717) is 5.92 Å². The molecule has 0 saturated carbocycles. The summed E-state index contributed by atoms with van der Waals surface area (Å²) in [6, 6.07) is 3.85. The minimum absolute atomic E-state index is 0. The number of aromatic amines is 1. The Morgan fingerprint density at radius 2 is 2.12 bits per heavy atom. The summed E-state index contributed by atoms with van der Waals surface area (Å²) in [6.45, 7) is 3.03. The lowest BCUT2D eigenvalue weighted by atomic mass is 9.98. The summed E-state index contributed by atoms with van der Waals surface area (Å²) in [5.74, 6) is 0.358. The number of piperidine rings is 1. The Labute approximate surface area is 152 Å². The second kappa shape index (κ2) is 7.08. The first-order chi connectivity index (χ1) is 11.2. The molecule has 3 heterocycles. The highest BCUT2D eigenvalue weighted by Crippen LogP contribution is 2.30. The van der Waals surface area contributed by atoms with E-state index in [4.69, 9.17) is 4.42 Å². The topological polar surface area (TPSA) is 88.7 Å². The van der Waals surface area contributed by atoms with Gasteiger partial charge >= 0.3 is 5.76 Å². The van der Waals surface area contributed by atoms with Crippen LogP contribution in [0.25, 0.3) is 22.4 Å². The molecule has 0 bridgehead atoms.